The lowest BCUT2D eigenvalue weighted by molar-refractivity contribution is -0.122. The van der Waals surface area contributed by atoms with E-state index in [-0.39, 0.29) is 17.9 Å². The van der Waals surface area contributed by atoms with E-state index in [0.717, 1.165) is 24.9 Å². The lowest BCUT2D eigenvalue weighted by Crippen LogP contribution is -2.47. The Morgan fingerprint density at radius 3 is 2.94 bits per heavy atom. The van der Waals surface area contributed by atoms with Gasteiger partial charge in [0.1, 0.15) is 0 Å². The Hall–Kier alpha value is -1.35. The van der Waals surface area contributed by atoms with Gasteiger partial charge in [-0.2, -0.15) is 0 Å². The van der Waals surface area contributed by atoms with E-state index in [1.165, 1.54) is 5.56 Å². The van der Waals surface area contributed by atoms with Gasteiger partial charge in [-0.1, -0.05) is 38.5 Å². The Kier molecular flexibility index (Phi) is 4.02. The Morgan fingerprint density at radius 2 is 2.22 bits per heavy atom. The number of para-hydroxylation sites is 1. The molecule has 0 saturated carbocycles. The van der Waals surface area contributed by atoms with Crippen LogP contribution in [0.15, 0.2) is 24.3 Å². The second-order valence-corrected chi connectivity index (χ2v) is 5.23. The van der Waals surface area contributed by atoms with Crippen LogP contribution in [0.4, 0.5) is 5.69 Å². The standard InChI is InChI=1S/C15H22N2O/c1-3-6-11(2)15(18)17-10-13(16)9-12-7-4-5-8-14(12)17/h4-5,7-8,11,13H,3,6,9-10,16H2,1-2H3. The number of hydrogen-bond donors (Lipinski definition) is 1. The predicted molar refractivity (Wildman–Crippen MR) is 74.5 cm³/mol. The molecule has 2 unspecified atom stereocenters. The highest BCUT2D eigenvalue weighted by atomic mass is 16.2. The van der Waals surface area contributed by atoms with Gasteiger partial charge in [0.05, 0.1) is 0 Å². The number of nitrogens with zero attached hydrogens (tertiary/aromatic N) is 1. The summed E-state index contributed by atoms with van der Waals surface area (Å²) in [6.45, 7) is 4.76. The first-order valence-corrected chi connectivity index (χ1v) is 6.78. The minimum atomic E-state index is 0.0534. The van der Waals surface area contributed by atoms with Gasteiger partial charge in [0.2, 0.25) is 5.91 Å². The van der Waals surface area contributed by atoms with E-state index < -0.39 is 0 Å². The first kappa shape index (κ1) is 13.1. The zero-order valence-corrected chi connectivity index (χ0v) is 11.2. The molecule has 0 bridgehead atoms. The third kappa shape index (κ3) is 2.56. The summed E-state index contributed by atoms with van der Waals surface area (Å²) in [6.07, 6.45) is 2.84. The molecule has 18 heavy (non-hydrogen) atoms. The first-order chi connectivity index (χ1) is 8.63. The Morgan fingerprint density at radius 1 is 1.50 bits per heavy atom. The van der Waals surface area contributed by atoms with Crippen LogP contribution in [-0.4, -0.2) is 18.5 Å². The molecule has 0 fully saturated rings. The molecular weight excluding hydrogens is 224 g/mol. The maximum absolute atomic E-state index is 12.5. The quantitative estimate of drug-likeness (QED) is 0.889. The number of anilines is 1. The molecule has 3 heteroatoms. The minimum absolute atomic E-state index is 0.0534. The molecule has 1 aliphatic rings. The molecule has 0 aromatic heterocycles. The fraction of sp³-hybridized carbons (Fsp3) is 0.533. The van der Waals surface area contributed by atoms with Crippen molar-refractivity contribution in [2.45, 2.75) is 39.2 Å². The van der Waals surface area contributed by atoms with Gasteiger partial charge < -0.3 is 10.6 Å². The monoisotopic (exact) mass is 246 g/mol. The number of nitrogens with two attached hydrogens (primary N) is 1. The first-order valence-electron chi connectivity index (χ1n) is 6.78. The maximum atomic E-state index is 12.5. The van der Waals surface area contributed by atoms with Crippen molar-refractivity contribution < 1.29 is 4.79 Å². The highest BCUT2D eigenvalue weighted by Crippen LogP contribution is 2.28. The van der Waals surface area contributed by atoms with Crippen molar-refractivity contribution >= 4 is 11.6 Å². The molecule has 0 aliphatic carbocycles. The molecule has 2 atom stereocenters. The van der Waals surface area contributed by atoms with Crippen LogP contribution in [0.5, 0.6) is 0 Å². The second-order valence-electron chi connectivity index (χ2n) is 5.23. The fourth-order valence-electron chi connectivity index (χ4n) is 2.66. The molecule has 1 aromatic carbocycles. The summed E-state index contributed by atoms with van der Waals surface area (Å²) in [7, 11) is 0. The van der Waals surface area contributed by atoms with Gasteiger partial charge in [0.15, 0.2) is 0 Å². The van der Waals surface area contributed by atoms with Crippen LogP contribution < -0.4 is 10.6 Å². The summed E-state index contributed by atoms with van der Waals surface area (Å²) in [6, 6.07) is 8.14. The average molecular weight is 246 g/mol. The number of carbonyl (C=O) groups is 1. The summed E-state index contributed by atoms with van der Waals surface area (Å²) in [5.74, 6) is 0.285. The molecule has 2 rings (SSSR count). The van der Waals surface area contributed by atoms with Crippen molar-refractivity contribution in [2.75, 3.05) is 11.4 Å². The predicted octanol–water partition coefficient (Wildman–Crippen LogP) is 2.34. The molecule has 2 N–H and O–H groups in total. The number of fused-ring (bicyclic) bond motifs is 1. The molecule has 1 aromatic rings. The topological polar surface area (TPSA) is 46.3 Å². The molecular formula is C15H22N2O. The Labute approximate surface area is 109 Å². The third-order valence-corrected chi connectivity index (χ3v) is 3.59. The number of hydrogen-bond acceptors (Lipinski definition) is 2. The summed E-state index contributed by atoms with van der Waals surface area (Å²) >= 11 is 0. The van der Waals surface area contributed by atoms with E-state index in [1.807, 2.05) is 30.0 Å². The third-order valence-electron chi connectivity index (χ3n) is 3.59. The zero-order chi connectivity index (χ0) is 13.1. The van der Waals surface area contributed by atoms with Gasteiger partial charge in [0, 0.05) is 24.2 Å². The van der Waals surface area contributed by atoms with E-state index in [0.29, 0.717) is 6.54 Å². The van der Waals surface area contributed by atoms with E-state index in [9.17, 15) is 4.79 Å². The van der Waals surface area contributed by atoms with Gasteiger partial charge in [0.25, 0.3) is 0 Å². The minimum Gasteiger partial charge on any atom is -0.326 e. The van der Waals surface area contributed by atoms with Crippen LogP contribution in [0.2, 0.25) is 0 Å². The van der Waals surface area contributed by atoms with Crippen LogP contribution in [0.1, 0.15) is 32.3 Å². The SMILES string of the molecule is CCCC(C)C(=O)N1CC(N)Cc2ccccc21. The van der Waals surface area contributed by atoms with Crippen molar-refractivity contribution in [1.82, 2.24) is 0 Å². The van der Waals surface area contributed by atoms with Gasteiger partial charge in [-0.05, 0) is 24.5 Å². The van der Waals surface area contributed by atoms with Gasteiger partial charge in [-0.15, -0.1) is 0 Å². The molecule has 3 nitrogen and oxygen atoms in total. The fourth-order valence-corrected chi connectivity index (χ4v) is 2.66. The van der Waals surface area contributed by atoms with Crippen LogP contribution in [0, 0.1) is 5.92 Å². The van der Waals surface area contributed by atoms with Gasteiger partial charge in [-0.3, -0.25) is 4.79 Å². The van der Waals surface area contributed by atoms with E-state index >= 15 is 0 Å². The van der Waals surface area contributed by atoms with E-state index in [1.54, 1.807) is 0 Å². The van der Waals surface area contributed by atoms with Gasteiger partial charge >= 0.3 is 0 Å². The van der Waals surface area contributed by atoms with Crippen molar-refractivity contribution in [3.63, 3.8) is 0 Å². The van der Waals surface area contributed by atoms with Crippen LogP contribution in [-0.2, 0) is 11.2 Å². The zero-order valence-electron chi connectivity index (χ0n) is 11.2. The van der Waals surface area contributed by atoms with Crippen LogP contribution >= 0.6 is 0 Å². The Balaban J connectivity index is 2.26. The van der Waals surface area contributed by atoms with Crippen LogP contribution in [0.25, 0.3) is 0 Å². The normalized spacial score (nSPS) is 20.4. The maximum Gasteiger partial charge on any atom is 0.229 e. The molecule has 1 heterocycles. The summed E-state index contributed by atoms with van der Waals surface area (Å²) in [5.41, 5.74) is 8.29. The van der Waals surface area contributed by atoms with E-state index in [4.69, 9.17) is 5.73 Å². The summed E-state index contributed by atoms with van der Waals surface area (Å²) < 4.78 is 0. The molecule has 98 valence electrons. The smallest absolute Gasteiger partial charge is 0.229 e. The molecule has 0 saturated heterocycles. The van der Waals surface area contributed by atoms with Crippen LogP contribution in [0.3, 0.4) is 0 Å². The molecule has 0 radical (unpaired) electrons. The molecule has 0 spiro atoms. The largest absolute Gasteiger partial charge is 0.326 e. The van der Waals surface area contributed by atoms with Crippen molar-refractivity contribution in [2.24, 2.45) is 11.7 Å². The second kappa shape index (κ2) is 5.53. The molecule has 1 amide bonds. The summed E-state index contributed by atoms with van der Waals surface area (Å²) in [4.78, 5) is 14.3. The highest BCUT2D eigenvalue weighted by Gasteiger charge is 2.28. The van der Waals surface area contributed by atoms with Crippen molar-refractivity contribution in [3.05, 3.63) is 29.8 Å². The lowest BCUT2D eigenvalue weighted by atomic mass is 9.96. The number of benzene rings is 1. The van der Waals surface area contributed by atoms with Gasteiger partial charge in [-0.25, -0.2) is 0 Å². The summed E-state index contributed by atoms with van der Waals surface area (Å²) in [5, 5.41) is 0. The number of rotatable bonds is 3. The average Bonchev–Trinajstić information content (AvgIpc) is 2.37. The number of carbonyl (C=O) groups excluding carboxylic acids is 1. The highest BCUT2D eigenvalue weighted by molar-refractivity contribution is 5.96. The molecule has 1 aliphatic heterocycles. The van der Waals surface area contributed by atoms with E-state index in [2.05, 4.69) is 13.0 Å². The lowest BCUT2D eigenvalue weighted by Gasteiger charge is -2.34. The van der Waals surface area contributed by atoms with Crippen molar-refractivity contribution in [1.29, 1.82) is 0 Å². The number of amides is 1. The van der Waals surface area contributed by atoms with Crippen molar-refractivity contribution in [3.8, 4) is 0 Å². The Bertz CT molecular complexity index is 430.